The zero-order valence-electron chi connectivity index (χ0n) is 12.2. The summed E-state index contributed by atoms with van der Waals surface area (Å²) < 4.78 is 5.46. The van der Waals surface area contributed by atoms with E-state index in [2.05, 4.69) is 24.1 Å². The minimum Gasteiger partial charge on any atom is -0.379 e. The van der Waals surface area contributed by atoms with Crippen LogP contribution in [0.2, 0.25) is 0 Å². The van der Waals surface area contributed by atoms with Gasteiger partial charge in [-0.3, -0.25) is 4.90 Å². The summed E-state index contributed by atoms with van der Waals surface area (Å²) >= 11 is 0. The molecule has 0 amide bonds. The summed E-state index contributed by atoms with van der Waals surface area (Å²) in [4.78, 5) is 2.62. The van der Waals surface area contributed by atoms with E-state index in [0.29, 0.717) is 6.04 Å². The molecule has 106 valence electrons. The Balaban J connectivity index is 1.71. The normalized spacial score (nSPS) is 24.2. The van der Waals surface area contributed by atoms with E-state index in [1.54, 1.807) is 0 Å². The van der Waals surface area contributed by atoms with Gasteiger partial charge in [-0.25, -0.2) is 0 Å². The number of rotatable bonds is 7. The van der Waals surface area contributed by atoms with Crippen molar-refractivity contribution < 1.29 is 4.74 Å². The van der Waals surface area contributed by atoms with Gasteiger partial charge in [-0.15, -0.1) is 0 Å². The van der Waals surface area contributed by atoms with Crippen molar-refractivity contribution in [3.05, 3.63) is 0 Å². The number of nitrogens with zero attached hydrogens (tertiary/aromatic N) is 1. The molecule has 0 radical (unpaired) electrons. The summed E-state index contributed by atoms with van der Waals surface area (Å²) in [7, 11) is 0. The maximum absolute atomic E-state index is 5.46. The zero-order chi connectivity index (χ0) is 12.8. The first-order valence-electron chi connectivity index (χ1n) is 7.78. The highest BCUT2D eigenvalue weighted by Crippen LogP contribution is 2.25. The summed E-state index contributed by atoms with van der Waals surface area (Å²) in [5.41, 5.74) is 0. The quantitative estimate of drug-likeness (QED) is 0.753. The first-order chi connectivity index (χ1) is 8.75. The molecule has 1 aliphatic heterocycles. The Morgan fingerprint density at radius 3 is 2.50 bits per heavy atom. The maximum atomic E-state index is 5.46. The van der Waals surface area contributed by atoms with Crippen molar-refractivity contribution in [3.8, 4) is 0 Å². The minimum atomic E-state index is 0.703. The van der Waals surface area contributed by atoms with Crippen molar-refractivity contribution in [3.63, 3.8) is 0 Å². The fraction of sp³-hybridized carbons (Fsp3) is 1.00. The van der Waals surface area contributed by atoms with E-state index >= 15 is 0 Å². The molecule has 2 rings (SSSR count). The van der Waals surface area contributed by atoms with Crippen LogP contribution in [-0.2, 0) is 4.74 Å². The highest BCUT2D eigenvalue weighted by molar-refractivity contribution is 4.79. The summed E-state index contributed by atoms with van der Waals surface area (Å²) in [6, 6.07) is 0.703. The molecule has 1 saturated carbocycles. The first kappa shape index (κ1) is 14.3. The summed E-state index contributed by atoms with van der Waals surface area (Å²) in [6.07, 6.45) is 5.64. The lowest BCUT2D eigenvalue weighted by atomic mass is 9.85. The van der Waals surface area contributed by atoms with Crippen molar-refractivity contribution in [2.45, 2.75) is 45.6 Å². The van der Waals surface area contributed by atoms with Crippen molar-refractivity contribution in [1.82, 2.24) is 10.2 Å². The molecule has 1 atom stereocenters. The summed E-state index contributed by atoms with van der Waals surface area (Å²) in [5.74, 6) is 1.75. The van der Waals surface area contributed by atoms with Crippen LogP contribution < -0.4 is 5.32 Å². The molecule has 1 heterocycles. The van der Waals surface area contributed by atoms with Crippen LogP contribution in [0, 0.1) is 11.8 Å². The van der Waals surface area contributed by atoms with Crippen molar-refractivity contribution >= 4 is 0 Å². The van der Waals surface area contributed by atoms with Gasteiger partial charge in [0.1, 0.15) is 0 Å². The van der Waals surface area contributed by atoms with E-state index in [-0.39, 0.29) is 0 Å². The number of nitrogens with one attached hydrogen (secondary N) is 1. The predicted octanol–water partition coefficient (Wildman–Crippen LogP) is 2.12. The van der Waals surface area contributed by atoms with E-state index in [9.17, 15) is 0 Å². The van der Waals surface area contributed by atoms with Crippen LogP contribution in [-0.4, -0.2) is 50.3 Å². The molecule has 1 unspecified atom stereocenters. The number of hydrogen-bond acceptors (Lipinski definition) is 3. The van der Waals surface area contributed by atoms with Gasteiger partial charge < -0.3 is 10.1 Å². The Morgan fingerprint density at radius 1 is 1.22 bits per heavy atom. The highest BCUT2D eigenvalue weighted by Gasteiger charge is 2.22. The lowest BCUT2D eigenvalue weighted by Gasteiger charge is -2.36. The monoisotopic (exact) mass is 254 g/mol. The third kappa shape index (κ3) is 4.52. The first-order valence-corrected chi connectivity index (χ1v) is 7.78. The lowest BCUT2D eigenvalue weighted by molar-refractivity contribution is 0.0120. The molecule has 2 fully saturated rings. The molecule has 0 bridgehead atoms. The van der Waals surface area contributed by atoms with Crippen molar-refractivity contribution in [1.29, 1.82) is 0 Å². The number of morpholine rings is 1. The average molecular weight is 254 g/mol. The maximum Gasteiger partial charge on any atom is 0.0594 e. The van der Waals surface area contributed by atoms with Crippen LogP contribution in [0.15, 0.2) is 0 Å². The van der Waals surface area contributed by atoms with Gasteiger partial charge in [0.15, 0.2) is 0 Å². The van der Waals surface area contributed by atoms with Crippen LogP contribution in [0.25, 0.3) is 0 Å². The Bertz CT molecular complexity index is 223. The molecule has 1 saturated heterocycles. The third-order valence-electron chi connectivity index (χ3n) is 4.34. The average Bonchev–Trinajstić information content (AvgIpc) is 2.31. The topological polar surface area (TPSA) is 24.5 Å². The van der Waals surface area contributed by atoms with E-state index in [1.165, 1.54) is 32.2 Å². The van der Waals surface area contributed by atoms with Gasteiger partial charge in [0.2, 0.25) is 0 Å². The van der Waals surface area contributed by atoms with E-state index in [1.807, 2.05) is 0 Å². The van der Waals surface area contributed by atoms with E-state index < -0.39 is 0 Å². The minimum absolute atomic E-state index is 0.703. The van der Waals surface area contributed by atoms with E-state index in [0.717, 1.165) is 44.7 Å². The van der Waals surface area contributed by atoms with Gasteiger partial charge in [-0.05, 0) is 37.6 Å². The van der Waals surface area contributed by atoms with Gasteiger partial charge in [0.05, 0.1) is 13.2 Å². The summed E-state index contributed by atoms with van der Waals surface area (Å²) in [6.45, 7) is 11.1. The SMILES string of the molecule is CC(C)CC(CNCC1CCC1)N1CCOCC1. The second kappa shape index (κ2) is 7.46. The third-order valence-corrected chi connectivity index (χ3v) is 4.34. The van der Waals surface area contributed by atoms with Crippen molar-refractivity contribution in [2.75, 3.05) is 39.4 Å². The smallest absolute Gasteiger partial charge is 0.0594 e. The molecule has 18 heavy (non-hydrogen) atoms. The number of ether oxygens (including phenoxy) is 1. The molecule has 3 heteroatoms. The standard InChI is InChI=1S/C15H30N2O/c1-13(2)10-15(17-6-8-18-9-7-17)12-16-11-14-4-3-5-14/h13-16H,3-12H2,1-2H3. The van der Waals surface area contributed by atoms with Gasteiger partial charge in [-0.2, -0.15) is 0 Å². The van der Waals surface area contributed by atoms with Crippen molar-refractivity contribution in [2.24, 2.45) is 11.8 Å². The molecule has 2 aliphatic rings. The van der Waals surface area contributed by atoms with Crippen LogP contribution >= 0.6 is 0 Å². The Morgan fingerprint density at radius 2 is 1.94 bits per heavy atom. The largest absolute Gasteiger partial charge is 0.379 e. The van der Waals surface area contributed by atoms with Gasteiger partial charge in [-0.1, -0.05) is 20.3 Å². The molecule has 0 aromatic heterocycles. The lowest BCUT2D eigenvalue weighted by Crippen LogP contribution is -2.49. The Kier molecular flexibility index (Phi) is 5.93. The fourth-order valence-electron chi connectivity index (χ4n) is 3.00. The van der Waals surface area contributed by atoms with Gasteiger partial charge in [0.25, 0.3) is 0 Å². The Labute approximate surface area is 112 Å². The second-order valence-electron chi connectivity index (χ2n) is 6.39. The van der Waals surface area contributed by atoms with Gasteiger partial charge >= 0.3 is 0 Å². The van der Waals surface area contributed by atoms with Crippen LogP contribution in [0.5, 0.6) is 0 Å². The molecule has 3 nitrogen and oxygen atoms in total. The Hall–Kier alpha value is -0.120. The van der Waals surface area contributed by atoms with E-state index in [4.69, 9.17) is 4.74 Å². The molecular weight excluding hydrogens is 224 g/mol. The molecule has 1 N–H and O–H groups in total. The predicted molar refractivity (Wildman–Crippen MR) is 75.8 cm³/mol. The van der Waals surface area contributed by atoms with Crippen LogP contribution in [0.3, 0.4) is 0 Å². The highest BCUT2D eigenvalue weighted by atomic mass is 16.5. The number of hydrogen-bond donors (Lipinski definition) is 1. The zero-order valence-corrected chi connectivity index (χ0v) is 12.2. The molecule has 0 spiro atoms. The molecule has 0 aromatic carbocycles. The molecule has 1 aliphatic carbocycles. The second-order valence-corrected chi connectivity index (χ2v) is 6.39. The van der Waals surface area contributed by atoms with Crippen LogP contribution in [0.1, 0.15) is 39.5 Å². The fourth-order valence-corrected chi connectivity index (χ4v) is 3.00. The summed E-state index contributed by atoms with van der Waals surface area (Å²) in [5, 5.41) is 3.71. The van der Waals surface area contributed by atoms with Gasteiger partial charge in [0, 0.05) is 25.7 Å². The molecule has 0 aromatic rings. The van der Waals surface area contributed by atoms with Crippen LogP contribution in [0.4, 0.5) is 0 Å². The molecular formula is C15H30N2O.